The van der Waals surface area contributed by atoms with Crippen molar-refractivity contribution in [2.75, 3.05) is 14.2 Å². The van der Waals surface area contributed by atoms with Crippen molar-refractivity contribution in [3.05, 3.63) is 12.2 Å². The zero-order valence-corrected chi connectivity index (χ0v) is 9.91. The molecule has 0 spiro atoms. The quantitative estimate of drug-likeness (QED) is 0.522. The Kier molecular flexibility index (Phi) is 3.68. The van der Waals surface area contributed by atoms with E-state index in [1.165, 1.54) is 14.2 Å². The van der Waals surface area contributed by atoms with E-state index in [1.807, 2.05) is 0 Å². The summed E-state index contributed by atoms with van der Waals surface area (Å²) in [6.45, 7) is 0. The summed E-state index contributed by atoms with van der Waals surface area (Å²) in [5, 5.41) is 5.18. The zero-order valence-electron chi connectivity index (χ0n) is 9.91. The number of amides is 2. The molecule has 18 heavy (non-hydrogen) atoms. The molecule has 0 radical (unpaired) electrons. The highest BCUT2D eigenvalue weighted by atomic mass is 17.2. The van der Waals surface area contributed by atoms with E-state index in [9.17, 15) is 9.59 Å². The van der Waals surface area contributed by atoms with Crippen LogP contribution in [0.15, 0.2) is 12.2 Å². The van der Waals surface area contributed by atoms with Crippen molar-refractivity contribution >= 4 is 12.2 Å². The van der Waals surface area contributed by atoms with Crippen molar-refractivity contribution in [2.45, 2.75) is 24.3 Å². The van der Waals surface area contributed by atoms with Crippen molar-refractivity contribution in [1.82, 2.24) is 10.6 Å². The van der Waals surface area contributed by atoms with Crippen molar-refractivity contribution in [3.8, 4) is 0 Å². The van der Waals surface area contributed by atoms with Gasteiger partial charge in [0, 0.05) is 0 Å². The molecule has 0 aromatic rings. The van der Waals surface area contributed by atoms with Crippen LogP contribution in [0, 0.1) is 0 Å². The standard InChI is InChI=1S/C10H14N2O6/c1-15-9(13)11-7-5-3-4-6(18-17-5)8(7)12-10(14)16-2/h3-8H,1-2H3,(H,11,13)(H,12,14)/t5-,6+,7-,8-/m0/s1. The van der Waals surface area contributed by atoms with Gasteiger partial charge in [0.2, 0.25) is 0 Å². The summed E-state index contributed by atoms with van der Waals surface area (Å²) in [7, 11) is 2.51. The van der Waals surface area contributed by atoms with Crippen LogP contribution in [0.1, 0.15) is 0 Å². The highest BCUT2D eigenvalue weighted by Crippen LogP contribution is 2.26. The Bertz CT molecular complexity index is 337. The first kappa shape index (κ1) is 12.7. The molecule has 100 valence electrons. The van der Waals surface area contributed by atoms with Gasteiger partial charge in [0.25, 0.3) is 0 Å². The monoisotopic (exact) mass is 258 g/mol. The molecule has 2 heterocycles. The van der Waals surface area contributed by atoms with Crippen LogP contribution in [0.5, 0.6) is 0 Å². The fourth-order valence-electron chi connectivity index (χ4n) is 1.91. The molecule has 1 saturated heterocycles. The number of carbonyl (C=O) groups excluding carboxylic acids is 2. The second kappa shape index (κ2) is 5.23. The van der Waals surface area contributed by atoms with Crippen molar-refractivity contribution in [1.29, 1.82) is 0 Å². The van der Waals surface area contributed by atoms with Gasteiger partial charge in [-0.15, -0.1) is 0 Å². The molecule has 1 fully saturated rings. The largest absolute Gasteiger partial charge is 0.453 e. The lowest BCUT2D eigenvalue weighted by atomic mass is 9.90. The van der Waals surface area contributed by atoms with Crippen molar-refractivity contribution in [2.24, 2.45) is 0 Å². The molecule has 0 aromatic carbocycles. The average Bonchev–Trinajstić information content (AvgIpc) is 2.42. The van der Waals surface area contributed by atoms with Crippen LogP contribution in [0.4, 0.5) is 9.59 Å². The summed E-state index contributed by atoms with van der Waals surface area (Å²) >= 11 is 0. The topological polar surface area (TPSA) is 95.1 Å². The second-order valence-corrected chi connectivity index (χ2v) is 3.83. The third-order valence-corrected chi connectivity index (χ3v) is 2.80. The lowest BCUT2D eigenvalue weighted by Crippen LogP contribution is -2.66. The van der Waals surface area contributed by atoms with Gasteiger partial charge in [-0.25, -0.2) is 19.4 Å². The summed E-state index contributed by atoms with van der Waals surface area (Å²) in [5.41, 5.74) is 0. The van der Waals surface area contributed by atoms with Crippen molar-refractivity contribution in [3.63, 3.8) is 0 Å². The molecular weight excluding hydrogens is 244 g/mol. The Morgan fingerprint density at radius 2 is 1.33 bits per heavy atom. The third kappa shape index (κ3) is 2.39. The SMILES string of the molecule is COC(=O)N[C@@H]1[C@@H](NC(=O)OC)[C@H]2C=C[C@@H]1OO2. The van der Waals surface area contributed by atoms with Gasteiger partial charge in [-0.2, -0.15) is 0 Å². The van der Waals surface area contributed by atoms with Crippen LogP contribution >= 0.6 is 0 Å². The average molecular weight is 258 g/mol. The molecule has 2 N–H and O–H groups in total. The number of fused-ring (bicyclic) bond motifs is 2. The number of nitrogens with one attached hydrogen (secondary N) is 2. The molecule has 8 heteroatoms. The van der Waals surface area contributed by atoms with Gasteiger partial charge in [0.15, 0.2) is 0 Å². The fraction of sp³-hybridized carbons (Fsp3) is 0.600. The molecule has 3 aliphatic rings. The van der Waals surface area contributed by atoms with E-state index in [2.05, 4.69) is 20.1 Å². The second-order valence-electron chi connectivity index (χ2n) is 3.83. The predicted octanol–water partition coefficient (Wildman–Crippen LogP) is -0.296. The highest BCUT2D eigenvalue weighted by Gasteiger charge is 2.45. The smallest absolute Gasteiger partial charge is 0.407 e. The first-order chi connectivity index (χ1) is 8.65. The molecule has 0 aromatic heterocycles. The maximum atomic E-state index is 11.3. The van der Waals surface area contributed by atoms with E-state index < -0.39 is 36.5 Å². The van der Waals surface area contributed by atoms with E-state index in [4.69, 9.17) is 9.78 Å². The maximum absolute atomic E-state index is 11.3. The molecule has 2 aliphatic heterocycles. The molecular formula is C10H14N2O6. The van der Waals surface area contributed by atoms with Crippen molar-refractivity contribution < 1.29 is 28.8 Å². The van der Waals surface area contributed by atoms with E-state index in [0.29, 0.717) is 0 Å². The Morgan fingerprint density at radius 3 is 1.61 bits per heavy atom. The zero-order chi connectivity index (χ0) is 13.1. The normalized spacial score (nSPS) is 32.8. The van der Waals surface area contributed by atoms with Crippen LogP contribution in [0.3, 0.4) is 0 Å². The Hall–Kier alpha value is -1.80. The Balaban J connectivity index is 2.10. The molecule has 2 bridgehead atoms. The van der Waals surface area contributed by atoms with E-state index >= 15 is 0 Å². The fourth-order valence-corrected chi connectivity index (χ4v) is 1.91. The molecule has 2 amide bonds. The highest BCUT2D eigenvalue weighted by molar-refractivity contribution is 5.69. The summed E-state index contributed by atoms with van der Waals surface area (Å²) in [6, 6.07) is -0.972. The number of rotatable bonds is 2. The number of alkyl carbamates (subject to hydrolysis) is 2. The molecule has 3 rings (SSSR count). The van der Waals surface area contributed by atoms with Gasteiger partial charge in [0.1, 0.15) is 12.2 Å². The molecule has 8 nitrogen and oxygen atoms in total. The molecule has 0 saturated carbocycles. The van der Waals surface area contributed by atoms with Crippen LogP contribution in [-0.2, 0) is 19.2 Å². The van der Waals surface area contributed by atoms with Crippen LogP contribution in [0.2, 0.25) is 0 Å². The lowest BCUT2D eigenvalue weighted by molar-refractivity contribution is -0.371. The van der Waals surface area contributed by atoms with Gasteiger partial charge in [0.05, 0.1) is 26.3 Å². The van der Waals surface area contributed by atoms with Crippen LogP contribution in [0.25, 0.3) is 0 Å². The van der Waals surface area contributed by atoms with Gasteiger partial charge in [-0.05, 0) is 0 Å². The summed E-state index contributed by atoms with van der Waals surface area (Å²) in [4.78, 5) is 32.6. The third-order valence-electron chi connectivity index (χ3n) is 2.80. The minimum atomic E-state index is -0.610. The van der Waals surface area contributed by atoms with E-state index in [1.54, 1.807) is 12.2 Å². The maximum Gasteiger partial charge on any atom is 0.407 e. The minimum Gasteiger partial charge on any atom is -0.453 e. The first-order valence-corrected chi connectivity index (χ1v) is 5.35. The number of carbonyl (C=O) groups is 2. The van der Waals surface area contributed by atoms with Gasteiger partial charge in [-0.3, -0.25) is 0 Å². The van der Waals surface area contributed by atoms with Gasteiger partial charge in [-0.1, -0.05) is 12.2 Å². The number of hydrogen-bond acceptors (Lipinski definition) is 6. The Morgan fingerprint density at radius 1 is 0.944 bits per heavy atom. The molecule has 0 unspecified atom stereocenters. The van der Waals surface area contributed by atoms with Gasteiger partial charge < -0.3 is 20.1 Å². The predicted molar refractivity (Wildman–Crippen MR) is 57.5 cm³/mol. The number of ether oxygens (including phenoxy) is 2. The van der Waals surface area contributed by atoms with Gasteiger partial charge >= 0.3 is 12.2 Å². The Labute approximate surface area is 103 Å². The first-order valence-electron chi connectivity index (χ1n) is 5.35. The van der Waals surface area contributed by atoms with Crippen LogP contribution < -0.4 is 10.6 Å². The summed E-state index contributed by atoms with van der Waals surface area (Å²) in [5.74, 6) is 0. The van der Waals surface area contributed by atoms with E-state index in [0.717, 1.165) is 0 Å². The lowest BCUT2D eigenvalue weighted by Gasteiger charge is -2.42. The van der Waals surface area contributed by atoms with Crippen LogP contribution in [-0.4, -0.2) is 50.7 Å². The summed E-state index contributed by atoms with van der Waals surface area (Å²) in [6.07, 6.45) is 1.31. The van der Waals surface area contributed by atoms with E-state index in [-0.39, 0.29) is 0 Å². The molecule has 1 aliphatic carbocycles. The molecule has 4 atom stereocenters. The number of methoxy groups -OCH3 is 2. The number of hydrogen-bond donors (Lipinski definition) is 2. The minimum absolute atomic E-state index is 0.486. The summed E-state index contributed by atoms with van der Waals surface area (Å²) < 4.78 is 9.05.